The zero-order valence-electron chi connectivity index (χ0n) is 15.0. The largest absolute Gasteiger partial charge is 0.333 e. The van der Waals surface area contributed by atoms with Gasteiger partial charge in [-0.2, -0.15) is 0 Å². The quantitative estimate of drug-likeness (QED) is 0.677. The van der Waals surface area contributed by atoms with Crippen LogP contribution in [0.3, 0.4) is 0 Å². The van der Waals surface area contributed by atoms with Crippen molar-refractivity contribution in [3.05, 3.63) is 21.9 Å². The molecule has 1 aromatic rings. The Morgan fingerprint density at radius 2 is 2.08 bits per heavy atom. The van der Waals surface area contributed by atoms with Crippen LogP contribution in [0.25, 0.3) is 0 Å². The SMILES string of the molecule is CC(C)(C)NC(=O)NC(=O)CN1C(=O)N[C@]2(CCCc3sccc32)C1=O. The molecule has 1 fully saturated rings. The molecule has 3 N–H and O–H groups in total. The number of nitrogens with zero attached hydrogens (tertiary/aromatic N) is 1. The van der Waals surface area contributed by atoms with Crippen molar-refractivity contribution in [3.63, 3.8) is 0 Å². The van der Waals surface area contributed by atoms with Gasteiger partial charge in [-0.25, -0.2) is 9.59 Å². The standard InChI is InChI=1S/C17H22N4O4S/c1-16(2,3)19-14(24)18-12(22)9-21-13(23)17(20-15(21)25)7-4-5-11-10(17)6-8-26-11/h6,8H,4-5,7,9H2,1-3H3,(H,20,25)(H2,18,19,22,24)/t17-/m0/s1. The molecule has 0 aromatic carbocycles. The molecular weight excluding hydrogens is 356 g/mol. The summed E-state index contributed by atoms with van der Waals surface area (Å²) in [5, 5.41) is 9.42. The maximum atomic E-state index is 13.0. The molecule has 140 valence electrons. The minimum atomic E-state index is -1.08. The van der Waals surface area contributed by atoms with Crippen molar-refractivity contribution in [1.82, 2.24) is 20.9 Å². The molecule has 8 nitrogen and oxygen atoms in total. The summed E-state index contributed by atoms with van der Waals surface area (Å²) >= 11 is 1.56. The smallest absolute Gasteiger partial charge is 0.325 e. The van der Waals surface area contributed by atoms with Gasteiger partial charge in [-0.05, 0) is 51.5 Å². The third-order valence-corrected chi connectivity index (χ3v) is 5.36. The Kier molecular flexibility index (Phi) is 4.51. The number of thiophene rings is 1. The van der Waals surface area contributed by atoms with Gasteiger partial charge in [-0.15, -0.1) is 11.3 Å². The molecule has 0 radical (unpaired) electrons. The van der Waals surface area contributed by atoms with E-state index in [1.807, 2.05) is 11.4 Å². The number of hydrogen-bond donors (Lipinski definition) is 3. The lowest BCUT2D eigenvalue weighted by molar-refractivity contribution is -0.135. The van der Waals surface area contributed by atoms with Gasteiger partial charge >= 0.3 is 12.1 Å². The van der Waals surface area contributed by atoms with Gasteiger partial charge in [0.15, 0.2) is 0 Å². The molecule has 1 spiro atoms. The van der Waals surface area contributed by atoms with Crippen LogP contribution >= 0.6 is 11.3 Å². The van der Waals surface area contributed by atoms with Gasteiger partial charge < -0.3 is 10.6 Å². The normalized spacial score (nSPS) is 22.2. The van der Waals surface area contributed by atoms with Crippen molar-refractivity contribution < 1.29 is 19.2 Å². The fourth-order valence-corrected chi connectivity index (χ4v) is 4.37. The van der Waals surface area contributed by atoms with Crippen LogP contribution in [0, 0.1) is 0 Å². The summed E-state index contributed by atoms with van der Waals surface area (Å²) in [4.78, 5) is 51.2. The first-order valence-electron chi connectivity index (χ1n) is 8.45. The van der Waals surface area contributed by atoms with Crippen LogP contribution in [0.2, 0.25) is 0 Å². The summed E-state index contributed by atoms with van der Waals surface area (Å²) in [6, 6.07) is 0.583. The second-order valence-corrected chi connectivity index (χ2v) is 8.59. The van der Waals surface area contributed by atoms with E-state index in [1.54, 1.807) is 32.1 Å². The van der Waals surface area contributed by atoms with E-state index in [1.165, 1.54) is 0 Å². The average Bonchev–Trinajstić information content (AvgIpc) is 3.06. The number of nitrogens with one attached hydrogen (secondary N) is 3. The molecular formula is C17H22N4O4S. The Morgan fingerprint density at radius 1 is 1.35 bits per heavy atom. The summed E-state index contributed by atoms with van der Waals surface area (Å²) in [5.41, 5.74) is -0.772. The lowest BCUT2D eigenvalue weighted by Crippen LogP contribution is -2.51. The maximum absolute atomic E-state index is 13.0. The van der Waals surface area contributed by atoms with Crippen molar-refractivity contribution in [2.24, 2.45) is 0 Å². The number of carbonyl (C=O) groups excluding carboxylic acids is 4. The highest BCUT2D eigenvalue weighted by Gasteiger charge is 2.54. The maximum Gasteiger partial charge on any atom is 0.325 e. The second kappa shape index (κ2) is 6.39. The number of carbonyl (C=O) groups is 4. The molecule has 2 aliphatic rings. The zero-order valence-corrected chi connectivity index (χ0v) is 15.8. The zero-order chi connectivity index (χ0) is 19.1. The monoisotopic (exact) mass is 378 g/mol. The van der Waals surface area contributed by atoms with Gasteiger partial charge in [0.1, 0.15) is 12.1 Å². The fraction of sp³-hybridized carbons (Fsp3) is 0.529. The molecule has 1 saturated heterocycles. The van der Waals surface area contributed by atoms with Crippen LogP contribution in [0.1, 0.15) is 44.1 Å². The van der Waals surface area contributed by atoms with Gasteiger partial charge in [0.05, 0.1) is 0 Å². The number of urea groups is 2. The summed E-state index contributed by atoms with van der Waals surface area (Å²) in [6.07, 6.45) is 2.17. The predicted octanol–water partition coefficient (Wildman–Crippen LogP) is 1.46. The highest BCUT2D eigenvalue weighted by atomic mass is 32.1. The minimum Gasteiger partial charge on any atom is -0.333 e. The topological polar surface area (TPSA) is 108 Å². The molecule has 0 unspecified atom stereocenters. The molecule has 0 saturated carbocycles. The molecule has 1 aromatic heterocycles. The van der Waals surface area contributed by atoms with E-state index in [-0.39, 0.29) is 0 Å². The molecule has 1 atom stereocenters. The Balaban J connectivity index is 1.71. The highest BCUT2D eigenvalue weighted by molar-refractivity contribution is 7.10. The Morgan fingerprint density at radius 3 is 2.77 bits per heavy atom. The lowest BCUT2D eigenvalue weighted by Gasteiger charge is -2.31. The Bertz CT molecular complexity index is 782. The highest BCUT2D eigenvalue weighted by Crippen LogP contribution is 2.41. The van der Waals surface area contributed by atoms with Gasteiger partial charge in [-0.1, -0.05) is 0 Å². The second-order valence-electron chi connectivity index (χ2n) is 7.59. The van der Waals surface area contributed by atoms with Crippen LogP contribution < -0.4 is 16.0 Å². The van der Waals surface area contributed by atoms with Crippen LogP contribution in [0.4, 0.5) is 9.59 Å². The predicted molar refractivity (Wildman–Crippen MR) is 95.6 cm³/mol. The lowest BCUT2D eigenvalue weighted by atomic mass is 9.80. The number of fused-ring (bicyclic) bond motifs is 2. The first-order valence-corrected chi connectivity index (χ1v) is 9.33. The van der Waals surface area contributed by atoms with E-state index in [4.69, 9.17) is 0 Å². The first-order chi connectivity index (χ1) is 12.1. The van der Waals surface area contributed by atoms with Crippen molar-refractivity contribution in [2.45, 2.75) is 51.1 Å². The van der Waals surface area contributed by atoms with Crippen LogP contribution in [0.15, 0.2) is 11.4 Å². The molecule has 2 heterocycles. The first kappa shape index (κ1) is 18.4. The van der Waals surface area contributed by atoms with Gasteiger partial charge in [0, 0.05) is 16.0 Å². The van der Waals surface area contributed by atoms with E-state index in [0.717, 1.165) is 28.2 Å². The molecule has 6 amide bonds. The van der Waals surface area contributed by atoms with E-state index in [9.17, 15) is 19.2 Å². The van der Waals surface area contributed by atoms with Crippen molar-refractivity contribution >= 4 is 35.2 Å². The van der Waals surface area contributed by atoms with E-state index in [2.05, 4.69) is 16.0 Å². The van der Waals surface area contributed by atoms with Gasteiger partial charge in [0.2, 0.25) is 5.91 Å². The molecule has 0 bridgehead atoms. The molecule has 26 heavy (non-hydrogen) atoms. The van der Waals surface area contributed by atoms with E-state index < -0.39 is 41.5 Å². The third kappa shape index (κ3) is 3.31. The van der Waals surface area contributed by atoms with Crippen molar-refractivity contribution in [1.29, 1.82) is 0 Å². The number of amides is 6. The molecule has 1 aliphatic carbocycles. The average molecular weight is 378 g/mol. The summed E-state index contributed by atoms with van der Waals surface area (Å²) < 4.78 is 0. The van der Waals surface area contributed by atoms with Crippen molar-refractivity contribution in [3.8, 4) is 0 Å². The fourth-order valence-electron chi connectivity index (χ4n) is 3.37. The summed E-state index contributed by atoms with van der Waals surface area (Å²) in [6.45, 7) is 4.84. The number of imide groups is 2. The Labute approximate surface area is 155 Å². The van der Waals surface area contributed by atoms with Crippen molar-refractivity contribution in [2.75, 3.05) is 6.54 Å². The van der Waals surface area contributed by atoms with Crippen LogP contribution in [-0.2, 0) is 21.5 Å². The summed E-state index contributed by atoms with van der Waals surface area (Å²) in [5.74, 6) is -1.15. The third-order valence-electron chi connectivity index (χ3n) is 4.38. The molecule has 3 rings (SSSR count). The number of hydrogen-bond acceptors (Lipinski definition) is 5. The van der Waals surface area contributed by atoms with Crippen LogP contribution in [-0.4, -0.2) is 40.9 Å². The molecule has 1 aliphatic heterocycles. The number of rotatable bonds is 2. The minimum absolute atomic E-state index is 0.437. The van der Waals surface area contributed by atoms with E-state index >= 15 is 0 Å². The number of aryl methyl sites for hydroxylation is 1. The van der Waals surface area contributed by atoms with E-state index in [0.29, 0.717) is 6.42 Å². The van der Waals surface area contributed by atoms with Gasteiger partial charge in [-0.3, -0.25) is 19.8 Å². The van der Waals surface area contributed by atoms with Crippen LogP contribution in [0.5, 0.6) is 0 Å². The van der Waals surface area contributed by atoms with Gasteiger partial charge in [0.25, 0.3) is 5.91 Å². The molecule has 9 heteroatoms. The summed E-state index contributed by atoms with van der Waals surface area (Å²) in [7, 11) is 0. The Hall–Kier alpha value is -2.42.